The molecule has 1 saturated carbocycles. The third kappa shape index (κ3) is 5.55. The predicted octanol–water partition coefficient (Wildman–Crippen LogP) is 3.34. The molecule has 5 nitrogen and oxygen atoms in total. The monoisotopic (exact) mass is 332 g/mol. The molecule has 1 unspecified atom stereocenters. The fraction of sp³-hybridized carbons (Fsp3) is 0.579. The first-order chi connectivity index (χ1) is 11.2. The summed E-state index contributed by atoms with van der Waals surface area (Å²) in [6.07, 6.45) is 1.89. The average Bonchev–Trinajstić information content (AvgIpc) is 2.93. The summed E-state index contributed by atoms with van der Waals surface area (Å²) in [7, 11) is 1.84. The van der Waals surface area contributed by atoms with Gasteiger partial charge >= 0.3 is 6.09 Å². The van der Waals surface area contributed by atoms with Gasteiger partial charge in [0.05, 0.1) is 0 Å². The standard InChI is InChI=1S/C19H28N2O3/c1-19(2,3)24-18(23)20-16-11-10-15(12-16)17(22)21(4)13-14-8-6-5-7-9-14/h5-9,15-16H,10-13H2,1-4H3,(H,20,23)/t15?,16-/m0/s1. The van der Waals surface area contributed by atoms with Crippen molar-refractivity contribution in [3.8, 4) is 0 Å². The molecule has 0 heterocycles. The first kappa shape index (κ1) is 18.3. The van der Waals surface area contributed by atoms with Crippen LogP contribution in [0.1, 0.15) is 45.6 Å². The van der Waals surface area contributed by atoms with Crippen molar-refractivity contribution in [2.75, 3.05) is 7.05 Å². The van der Waals surface area contributed by atoms with Crippen LogP contribution in [0.5, 0.6) is 0 Å². The molecule has 1 aromatic carbocycles. The van der Waals surface area contributed by atoms with Crippen LogP contribution in [-0.4, -0.2) is 35.6 Å². The van der Waals surface area contributed by atoms with Crippen LogP contribution < -0.4 is 5.32 Å². The number of ether oxygens (including phenoxy) is 1. The Hall–Kier alpha value is -2.04. The van der Waals surface area contributed by atoms with E-state index in [1.807, 2.05) is 58.2 Å². The van der Waals surface area contributed by atoms with Crippen LogP contribution in [0.4, 0.5) is 4.79 Å². The van der Waals surface area contributed by atoms with E-state index < -0.39 is 11.7 Å². The number of hydrogen-bond acceptors (Lipinski definition) is 3. The number of nitrogens with zero attached hydrogens (tertiary/aromatic N) is 1. The zero-order chi connectivity index (χ0) is 17.7. The van der Waals surface area contributed by atoms with Gasteiger partial charge < -0.3 is 15.0 Å². The van der Waals surface area contributed by atoms with Crippen molar-refractivity contribution < 1.29 is 14.3 Å². The molecule has 1 aliphatic rings. The van der Waals surface area contributed by atoms with E-state index in [1.165, 1.54) is 0 Å². The molecule has 1 fully saturated rings. The quantitative estimate of drug-likeness (QED) is 0.920. The molecule has 1 N–H and O–H groups in total. The number of carbonyl (C=O) groups excluding carboxylic acids is 2. The lowest BCUT2D eigenvalue weighted by Crippen LogP contribution is -2.38. The third-order valence-electron chi connectivity index (χ3n) is 4.14. The van der Waals surface area contributed by atoms with Gasteiger partial charge in [0.1, 0.15) is 5.60 Å². The Morgan fingerprint density at radius 3 is 2.50 bits per heavy atom. The molecule has 2 amide bonds. The molecule has 1 aliphatic carbocycles. The van der Waals surface area contributed by atoms with Crippen molar-refractivity contribution in [1.82, 2.24) is 10.2 Å². The molecule has 1 aromatic rings. The van der Waals surface area contributed by atoms with Crippen LogP contribution in [-0.2, 0) is 16.1 Å². The van der Waals surface area contributed by atoms with Crippen LogP contribution in [0.2, 0.25) is 0 Å². The Bertz CT molecular complexity index is 566. The first-order valence-electron chi connectivity index (χ1n) is 8.53. The summed E-state index contributed by atoms with van der Waals surface area (Å²) in [4.78, 5) is 26.2. The minimum atomic E-state index is -0.506. The molecule has 0 bridgehead atoms. The number of rotatable bonds is 4. The fourth-order valence-corrected chi connectivity index (χ4v) is 3.06. The Kier molecular flexibility index (Phi) is 5.86. The fourth-order valence-electron chi connectivity index (χ4n) is 3.06. The largest absolute Gasteiger partial charge is 0.444 e. The van der Waals surface area contributed by atoms with Gasteiger partial charge in [0.2, 0.25) is 5.91 Å². The number of amides is 2. The maximum Gasteiger partial charge on any atom is 0.407 e. The van der Waals surface area contributed by atoms with E-state index in [4.69, 9.17) is 4.74 Å². The summed E-state index contributed by atoms with van der Waals surface area (Å²) in [5.41, 5.74) is 0.614. The molecular weight excluding hydrogens is 304 g/mol. The minimum Gasteiger partial charge on any atom is -0.444 e. The average molecular weight is 332 g/mol. The van der Waals surface area contributed by atoms with Crippen LogP contribution in [0.15, 0.2) is 30.3 Å². The smallest absolute Gasteiger partial charge is 0.407 e. The highest BCUT2D eigenvalue weighted by atomic mass is 16.6. The second-order valence-corrected chi connectivity index (χ2v) is 7.53. The number of carbonyl (C=O) groups is 2. The van der Waals surface area contributed by atoms with E-state index in [-0.39, 0.29) is 17.9 Å². The molecule has 132 valence electrons. The number of nitrogens with one attached hydrogen (secondary N) is 1. The van der Waals surface area contributed by atoms with E-state index in [0.29, 0.717) is 13.0 Å². The van der Waals surface area contributed by atoms with E-state index >= 15 is 0 Å². The molecule has 0 aromatic heterocycles. The Morgan fingerprint density at radius 1 is 1.21 bits per heavy atom. The van der Waals surface area contributed by atoms with E-state index in [0.717, 1.165) is 18.4 Å². The molecule has 24 heavy (non-hydrogen) atoms. The highest BCUT2D eigenvalue weighted by molar-refractivity contribution is 5.79. The van der Waals surface area contributed by atoms with Crippen molar-refractivity contribution in [3.63, 3.8) is 0 Å². The predicted molar refractivity (Wildman–Crippen MR) is 93.4 cm³/mol. The SMILES string of the molecule is CN(Cc1ccccc1)C(=O)C1CC[C@H](NC(=O)OC(C)(C)C)C1. The van der Waals surface area contributed by atoms with E-state index in [9.17, 15) is 9.59 Å². The molecule has 0 radical (unpaired) electrons. The number of hydrogen-bond donors (Lipinski definition) is 1. The van der Waals surface area contributed by atoms with Gasteiger partial charge in [-0.25, -0.2) is 4.79 Å². The first-order valence-corrected chi connectivity index (χ1v) is 8.53. The van der Waals surface area contributed by atoms with Crippen LogP contribution in [0.25, 0.3) is 0 Å². The Balaban J connectivity index is 1.81. The molecule has 0 saturated heterocycles. The van der Waals surface area contributed by atoms with Gasteiger partial charge in [-0.15, -0.1) is 0 Å². The lowest BCUT2D eigenvalue weighted by molar-refractivity contribution is -0.134. The van der Waals surface area contributed by atoms with Gasteiger partial charge in [-0.1, -0.05) is 30.3 Å². The van der Waals surface area contributed by atoms with Gasteiger partial charge in [0, 0.05) is 25.6 Å². The van der Waals surface area contributed by atoms with Crippen LogP contribution in [0.3, 0.4) is 0 Å². The lowest BCUT2D eigenvalue weighted by Gasteiger charge is -2.23. The molecule has 5 heteroatoms. The third-order valence-corrected chi connectivity index (χ3v) is 4.14. The molecule has 2 atom stereocenters. The zero-order valence-corrected chi connectivity index (χ0v) is 15.0. The zero-order valence-electron chi connectivity index (χ0n) is 15.0. The normalized spacial score (nSPS) is 20.5. The van der Waals surface area contributed by atoms with Crippen molar-refractivity contribution >= 4 is 12.0 Å². The maximum atomic E-state index is 12.6. The number of alkyl carbamates (subject to hydrolysis) is 1. The Labute approximate surface area is 144 Å². The van der Waals surface area contributed by atoms with Gasteiger partial charge in [0.25, 0.3) is 0 Å². The van der Waals surface area contributed by atoms with Gasteiger partial charge in [-0.2, -0.15) is 0 Å². The van der Waals surface area contributed by atoms with Crippen molar-refractivity contribution in [2.24, 2.45) is 5.92 Å². The van der Waals surface area contributed by atoms with Crippen molar-refractivity contribution in [3.05, 3.63) is 35.9 Å². The highest BCUT2D eigenvalue weighted by Gasteiger charge is 2.33. The molecule has 0 aliphatic heterocycles. The van der Waals surface area contributed by atoms with Crippen LogP contribution >= 0.6 is 0 Å². The summed E-state index contributed by atoms with van der Waals surface area (Å²) in [6.45, 7) is 6.13. The summed E-state index contributed by atoms with van der Waals surface area (Å²) in [5.74, 6) is 0.117. The van der Waals surface area contributed by atoms with Gasteiger partial charge in [-0.3, -0.25) is 4.79 Å². The molecular formula is C19H28N2O3. The summed E-state index contributed by atoms with van der Waals surface area (Å²) < 4.78 is 5.28. The second-order valence-electron chi connectivity index (χ2n) is 7.53. The molecule has 2 rings (SSSR count). The van der Waals surface area contributed by atoms with Gasteiger partial charge in [0.15, 0.2) is 0 Å². The van der Waals surface area contributed by atoms with E-state index in [2.05, 4.69) is 5.32 Å². The van der Waals surface area contributed by atoms with Crippen molar-refractivity contribution in [2.45, 2.75) is 58.2 Å². The van der Waals surface area contributed by atoms with Crippen LogP contribution in [0, 0.1) is 5.92 Å². The second kappa shape index (κ2) is 7.69. The topological polar surface area (TPSA) is 58.6 Å². The summed E-state index contributed by atoms with van der Waals surface area (Å²) >= 11 is 0. The minimum absolute atomic E-state index is 0.0129. The van der Waals surface area contributed by atoms with Gasteiger partial charge in [-0.05, 0) is 45.6 Å². The lowest BCUT2D eigenvalue weighted by atomic mass is 10.1. The van der Waals surface area contributed by atoms with E-state index in [1.54, 1.807) is 4.90 Å². The Morgan fingerprint density at radius 2 is 1.88 bits per heavy atom. The maximum absolute atomic E-state index is 12.6. The summed E-state index contributed by atoms with van der Waals surface area (Å²) in [5, 5.41) is 2.88. The highest BCUT2D eigenvalue weighted by Crippen LogP contribution is 2.27. The number of benzene rings is 1. The molecule has 0 spiro atoms. The summed E-state index contributed by atoms with van der Waals surface area (Å²) in [6, 6.07) is 9.97. The van der Waals surface area contributed by atoms with Crippen molar-refractivity contribution in [1.29, 1.82) is 0 Å².